The van der Waals surface area contributed by atoms with Gasteiger partial charge in [0.2, 0.25) is 0 Å². The van der Waals surface area contributed by atoms with Crippen LogP contribution in [-0.4, -0.2) is 24.6 Å². The van der Waals surface area contributed by atoms with Gasteiger partial charge in [0.1, 0.15) is 5.75 Å². The third-order valence-corrected chi connectivity index (χ3v) is 5.57. The van der Waals surface area contributed by atoms with E-state index in [1.165, 1.54) is 37.7 Å². The number of ether oxygens (including phenoxy) is 2. The largest absolute Gasteiger partial charge is 0.482 e. The van der Waals surface area contributed by atoms with Gasteiger partial charge in [0.15, 0.2) is 6.61 Å². The van der Waals surface area contributed by atoms with Gasteiger partial charge in [-0.15, -0.1) is 0 Å². The SMILES string of the molecule is CCCCCCCc1ccc2c(C(=O)Nc3cccc(OCC(=O)OC(C)C)c3)cccc2c1. The molecule has 0 aliphatic carbocycles. The molecule has 0 atom stereocenters. The number of rotatable bonds is 12. The number of anilines is 1. The van der Waals surface area contributed by atoms with E-state index in [1.807, 2.05) is 18.2 Å². The lowest BCUT2D eigenvalue weighted by molar-refractivity contribution is -0.149. The van der Waals surface area contributed by atoms with Gasteiger partial charge in [-0.1, -0.05) is 69.0 Å². The van der Waals surface area contributed by atoms with Gasteiger partial charge in [0, 0.05) is 17.3 Å². The molecule has 5 heteroatoms. The molecule has 0 radical (unpaired) electrons. The first kappa shape index (κ1) is 25.3. The molecule has 180 valence electrons. The number of hydrogen-bond acceptors (Lipinski definition) is 4. The van der Waals surface area contributed by atoms with Crippen LogP contribution in [0.4, 0.5) is 5.69 Å². The first-order chi connectivity index (χ1) is 16.5. The maximum atomic E-state index is 13.1. The van der Waals surface area contributed by atoms with Crippen molar-refractivity contribution in [3.8, 4) is 5.75 Å². The van der Waals surface area contributed by atoms with Crippen molar-refractivity contribution in [2.45, 2.75) is 65.4 Å². The predicted octanol–water partition coefficient (Wildman–Crippen LogP) is 6.94. The van der Waals surface area contributed by atoms with Crippen LogP contribution in [0.5, 0.6) is 5.75 Å². The zero-order valence-electron chi connectivity index (χ0n) is 20.4. The molecule has 3 aromatic carbocycles. The smallest absolute Gasteiger partial charge is 0.344 e. The van der Waals surface area contributed by atoms with Gasteiger partial charge < -0.3 is 14.8 Å². The molecule has 0 heterocycles. The summed E-state index contributed by atoms with van der Waals surface area (Å²) in [5.74, 6) is -0.130. The van der Waals surface area contributed by atoms with Crippen molar-refractivity contribution in [1.82, 2.24) is 0 Å². The first-order valence-electron chi connectivity index (χ1n) is 12.2. The number of carbonyl (C=O) groups excluding carboxylic acids is 2. The topological polar surface area (TPSA) is 64.6 Å². The van der Waals surface area contributed by atoms with Crippen LogP contribution < -0.4 is 10.1 Å². The van der Waals surface area contributed by atoms with E-state index in [1.54, 1.807) is 38.1 Å². The van der Waals surface area contributed by atoms with E-state index in [4.69, 9.17) is 9.47 Å². The molecule has 0 bridgehead atoms. The van der Waals surface area contributed by atoms with Crippen molar-refractivity contribution < 1.29 is 19.1 Å². The minimum Gasteiger partial charge on any atom is -0.482 e. The molecule has 1 amide bonds. The van der Waals surface area contributed by atoms with E-state index in [0.717, 1.165) is 17.2 Å². The Kier molecular flexibility index (Phi) is 9.51. The summed E-state index contributed by atoms with van der Waals surface area (Å²) >= 11 is 0. The Bertz CT molecular complexity index is 1110. The molecule has 3 rings (SSSR count). The van der Waals surface area contributed by atoms with E-state index < -0.39 is 5.97 Å². The van der Waals surface area contributed by atoms with Crippen molar-refractivity contribution in [2.75, 3.05) is 11.9 Å². The van der Waals surface area contributed by atoms with E-state index in [0.29, 0.717) is 17.0 Å². The molecule has 0 aromatic heterocycles. The molecule has 0 aliphatic rings. The lowest BCUT2D eigenvalue weighted by Crippen LogP contribution is -2.18. The highest BCUT2D eigenvalue weighted by molar-refractivity contribution is 6.13. The standard InChI is InChI=1S/C29H35NO4/c1-4-5-6-7-8-11-22-16-17-26-23(18-22)12-9-15-27(26)29(32)30-24-13-10-14-25(19-24)33-20-28(31)34-21(2)3/h9-10,12-19,21H,4-8,11,20H2,1-3H3,(H,30,32). The van der Waals surface area contributed by atoms with Crippen LogP contribution in [0.1, 0.15) is 68.8 Å². The predicted molar refractivity (Wildman–Crippen MR) is 138 cm³/mol. The maximum absolute atomic E-state index is 13.1. The molecule has 5 nitrogen and oxygen atoms in total. The van der Waals surface area contributed by atoms with Gasteiger partial charge in [-0.25, -0.2) is 4.79 Å². The highest BCUT2D eigenvalue weighted by atomic mass is 16.6. The summed E-state index contributed by atoms with van der Waals surface area (Å²) < 4.78 is 10.6. The number of aryl methyl sites for hydroxylation is 1. The van der Waals surface area contributed by atoms with E-state index in [-0.39, 0.29) is 18.6 Å². The monoisotopic (exact) mass is 461 g/mol. The molecule has 0 fully saturated rings. The number of nitrogens with one attached hydrogen (secondary N) is 1. The van der Waals surface area contributed by atoms with Gasteiger partial charge in [0.25, 0.3) is 5.91 Å². The summed E-state index contributed by atoms with van der Waals surface area (Å²) in [5, 5.41) is 4.94. The number of unbranched alkanes of at least 4 members (excludes halogenated alkanes) is 4. The average Bonchev–Trinajstić information content (AvgIpc) is 2.82. The van der Waals surface area contributed by atoms with Gasteiger partial charge in [-0.05, 0) is 61.2 Å². The number of amides is 1. The van der Waals surface area contributed by atoms with Crippen LogP contribution in [0.2, 0.25) is 0 Å². The number of hydrogen-bond donors (Lipinski definition) is 1. The molecule has 0 spiro atoms. The Morgan fingerprint density at radius 1 is 0.912 bits per heavy atom. The second-order valence-corrected chi connectivity index (χ2v) is 8.83. The average molecular weight is 462 g/mol. The van der Waals surface area contributed by atoms with Crippen LogP contribution in [0.15, 0.2) is 60.7 Å². The Morgan fingerprint density at radius 2 is 1.71 bits per heavy atom. The molecule has 0 saturated heterocycles. The fourth-order valence-electron chi connectivity index (χ4n) is 3.92. The highest BCUT2D eigenvalue weighted by Crippen LogP contribution is 2.24. The van der Waals surface area contributed by atoms with Crippen molar-refractivity contribution >= 4 is 28.3 Å². The van der Waals surface area contributed by atoms with E-state index >= 15 is 0 Å². The van der Waals surface area contributed by atoms with Crippen LogP contribution in [-0.2, 0) is 16.0 Å². The second kappa shape index (κ2) is 12.8. The highest BCUT2D eigenvalue weighted by Gasteiger charge is 2.12. The van der Waals surface area contributed by atoms with E-state index in [9.17, 15) is 9.59 Å². The van der Waals surface area contributed by atoms with Gasteiger partial charge in [0.05, 0.1) is 6.10 Å². The molecule has 34 heavy (non-hydrogen) atoms. The molecule has 3 aromatic rings. The molecule has 1 N–H and O–H groups in total. The van der Waals surface area contributed by atoms with E-state index in [2.05, 4.69) is 30.4 Å². The maximum Gasteiger partial charge on any atom is 0.344 e. The minimum atomic E-state index is -0.430. The van der Waals surface area contributed by atoms with Crippen LogP contribution in [0.3, 0.4) is 0 Å². The van der Waals surface area contributed by atoms with Crippen molar-refractivity contribution in [2.24, 2.45) is 0 Å². The van der Waals surface area contributed by atoms with Crippen LogP contribution in [0.25, 0.3) is 10.8 Å². The Balaban J connectivity index is 1.64. The third-order valence-electron chi connectivity index (χ3n) is 5.57. The Morgan fingerprint density at radius 3 is 2.50 bits per heavy atom. The van der Waals surface area contributed by atoms with Gasteiger partial charge in [-0.3, -0.25) is 4.79 Å². The van der Waals surface area contributed by atoms with Crippen molar-refractivity contribution in [1.29, 1.82) is 0 Å². The zero-order valence-corrected chi connectivity index (χ0v) is 20.4. The number of esters is 1. The Labute approximate surface area is 202 Å². The molecule has 0 unspecified atom stereocenters. The normalized spacial score (nSPS) is 10.9. The second-order valence-electron chi connectivity index (χ2n) is 8.83. The summed E-state index contributed by atoms with van der Waals surface area (Å²) in [6.45, 7) is 5.63. The summed E-state index contributed by atoms with van der Waals surface area (Å²) in [7, 11) is 0. The summed E-state index contributed by atoms with van der Waals surface area (Å²) in [5.41, 5.74) is 2.53. The fraction of sp³-hybridized carbons (Fsp3) is 0.379. The molecule has 0 aliphatic heterocycles. The van der Waals surface area contributed by atoms with Crippen molar-refractivity contribution in [3.05, 3.63) is 71.8 Å². The number of fused-ring (bicyclic) bond motifs is 1. The zero-order chi connectivity index (χ0) is 24.3. The minimum absolute atomic E-state index is 0.181. The number of carbonyl (C=O) groups is 2. The molecular weight excluding hydrogens is 426 g/mol. The Hall–Kier alpha value is -3.34. The molecular formula is C29H35NO4. The quantitative estimate of drug-likeness (QED) is 0.234. The number of benzene rings is 3. The fourth-order valence-corrected chi connectivity index (χ4v) is 3.92. The van der Waals surface area contributed by atoms with Gasteiger partial charge >= 0.3 is 5.97 Å². The van der Waals surface area contributed by atoms with Crippen LogP contribution in [0, 0.1) is 0 Å². The summed E-state index contributed by atoms with van der Waals surface area (Å²) in [6, 6.07) is 19.2. The third kappa shape index (κ3) is 7.62. The summed E-state index contributed by atoms with van der Waals surface area (Å²) in [4.78, 5) is 24.8. The molecule has 0 saturated carbocycles. The lowest BCUT2D eigenvalue weighted by Gasteiger charge is -2.12. The first-order valence-corrected chi connectivity index (χ1v) is 12.2. The summed E-state index contributed by atoms with van der Waals surface area (Å²) in [6.07, 6.45) is 7.18. The lowest BCUT2D eigenvalue weighted by atomic mass is 9.98. The van der Waals surface area contributed by atoms with Gasteiger partial charge in [-0.2, -0.15) is 0 Å². The van der Waals surface area contributed by atoms with Crippen LogP contribution >= 0.6 is 0 Å². The van der Waals surface area contributed by atoms with Crippen molar-refractivity contribution in [3.63, 3.8) is 0 Å².